The van der Waals surface area contributed by atoms with Crippen molar-refractivity contribution in [2.45, 2.75) is 20.8 Å². The highest BCUT2D eigenvalue weighted by Crippen LogP contribution is 2.21. The zero-order valence-electron chi connectivity index (χ0n) is 9.82. The van der Waals surface area contributed by atoms with Crippen molar-refractivity contribution in [2.75, 3.05) is 0 Å². The topological polar surface area (TPSA) is 22.0 Å². The van der Waals surface area contributed by atoms with Crippen molar-refractivity contribution in [1.82, 2.24) is 4.57 Å². The molecule has 0 fully saturated rings. The van der Waals surface area contributed by atoms with E-state index in [0.717, 1.165) is 6.29 Å². The molecule has 1 aromatic heterocycles. The number of carbonyl (C=O) groups is 1. The quantitative estimate of drug-likeness (QED) is 0.702. The van der Waals surface area contributed by atoms with E-state index < -0.39 is 0 Å². The minimum Gasteiger partial charge on any atom is -0.323 e. The molecule has 2 rings (SSSR count). The summed E-state index contributed by atoms with van der Waals surface area (Å²) < 4.78 is 2.01. The number of aromatic nitrogens is 1. The van der Waals surface area contributed by atoms with Crippen LogP contribution >= 0.6 is 0 Å². The second-order valence-electron chi connectivity index (χ2n) is 4.22. The molecule has 2 nitrogen and oxygen atoms in total. The fraction of sp³-hybridized carbons (Fsp3) is 0.214. The number of benzene rings is 1. The molecule has 0 spiro atoms. The molecule has 0 aliphatic rings. The van der Waals surface area contributed by atoms with E-state index in [0.29, 0.717) is 5.56 Å². The number of hydrogen-bond acceptors (Lipinski definition) is 1. The lowest BCUT2D eigenvalue weighted by atomic mass is 10.1. The van der Waals surface area contributed by atoms with Crippen LogP contribution < -0.4 is 0 Å². The van der Waals surface area contributed by atoms with E-state index in [-0.39, 0.29) is 0 Å². The van der Waals surface area contributed by atoms with Crippen LogP contribution in [0.3, 0.4) is 0 Å². The van der Waals surface area contributed by atoms with Crippen molar-refractivity contribution in [3.8, 4) is 5.69 Å². The molecule has 0 radical (unpaired) electrons. The SMILES string of the molecule is Cc1cc(C)c(-n2ccc(C=O)c2)c(C)c1. The average Bonchev–Trinajstić information content (AvgIpc) is 2.64. The molecule has 82 valence electrons. The fourth-order valence-corrected chi connectivity index (χ4v) is 2.20. The molecule has 0 saturated heterocycles. The molecule has 0 aliphatic carbocycles. The number of carbonyl (C=O) groups excluding carboxylic acids is 1. The van der Waals surface area contributed by atoms with Gasteiger partial charge >= 0.3 is 0 Å². The summed E-state index contributed by atoms with van der Waals surface area (Å²) in [5.41, 5.74) is 5.59. The minimum atomic E-state index is 0.708. The van der Waals surface area contributed by atoms with E-state index >= 15 is 0 Å². The van der Waals surface area contributed by atoms with E-state index in [1.165, 1.54) is 22.4 Å². The second kappa shape index (κ2) is 3.97. The van der Waals surface area contributed by atoms with E-state index in [1.54, 1.807) is 0 Å². The van der Waals surface area contributed by atoms with Crippen molar-refractivity contribution >= 4 is 6.29 Å². The van der Waals surface area contributed by atoms with Gasteiger partial charge in [-0.2, -0.15) is 0 Å². The van der Waals surface area contributed by atoms with E-state index in [1.807, 2.05) is 23.0 Å². The van der Waals surface area contributed by atoms with Gasteiger partial charge in [0.1, 0.15) is 0 Å². The third kappa shape index (κ3) is 1.78. The first kappa shape index (κ1) is 10.7. The molecule has 1 heterocycles. The minimum absolute atomic E-state index is 0.708. The predicted octanol–water partition coefficient (Wildman–Crippen LogP) is 3.22. The van der Waals surface area contributed by atoms with Crippen LogP contribution in [0.25, 0.3) is 5.69 Å². The number of nitrogens with zero attached hydrogens (tertiary/aromatic N) is 1. The largest absolute Gasteiger partial charge is 0.323 e. The molecular weight excluding hydrogens is 198 g/mol. The Morgan fingerprint density at radius 2 is 1.75 bits per heavy atom. The average molecular weight is 213 g/mol. The van der Waals surface area contributed by atoms with Gasteiger partial charge in [0.2, 0.25) is 0 Å². The zero-order valence-corrected chi connectivity index (χ0v) is 9.82. The van der Waals surface area contributed by atoms with Crippen LogP contribution in [-0.4, -0.2) is 10.9 Å². The Hall–Kier alpha value is -1.83. The van der Waals surface area contributed by atoms with Crippen LogP contribution in [-0.2, 0) is 0 Å². The summed E-state index contributed by atoms with van der Waals surface area (Å²) in [4.78, 5) is 10.7. The predicted molar refractivity (Wildman–Crippen MR) is 65.4 cm³/mol. The summed E-state index contributed by atoms with van der Waals surface area (Å²) in [5, 5.41) is 0. The summed E-state index contributed by atoms with van der Waals surface area (Å²) >= 11 is 0. The third-order valence-corrected chi connectivity index (χ3v) is 2.75. The molecule has 0 aliphatic heterocycles. The molecule has 2 aromatic rings. The molecular formula is C14H15NO. The van der Waals surface area contributed by atoms with Gasteiger partial charge in [-0.25, -0.2) is 0 Å². The van der Waals surface area contributed by atoms with Gasteiger partial charge in [-0.15, -0.1) is 0 Å². The number of hydrogen-bond donors (Lipinski definition) is 0. The lowest BCUT2D eigenvalue weighted by Crippen LogP contribution is -1.98. The molecule has 2 heteroatoms. The van der Waals surface area contributed by atoms with Crippen LogP contribution in [0.4, 0.5) is 0 Å². The molecule has 1 aromatic carbocycles. The highest BCUT2D eigenvalue weighted by molar-refractivity contribution is 5.74. The van der Waals surface area contributed by atoms with Crippen molar-refractivity contribution < 1.29 is 4.79 Å². The van der Waals surface area contributed by atoms with Crippen molar-refractivity contribution in [2.24, 2.45) is 0 Å². The monoisotopic (exact) mass is 213 g/mol. The Balaban J connectivity index is 2.59. The highest BCUT2D eigenvalue weighted by atomic mass is 16.1. The lowest BCUT2D eigenvalue weighted by molar-refractivity contribution is 0.112. The Kier molecular flexibility index (Phi) is 2.65. The molecule has 0 N–H and O–H groups in total. The standard InChI is InChI=1S/C14H15NO/c1-10-6-11(2)14(12(3)7-10)15-5-4-13(8-15)9-16/h4-9H,1-3H3. The first-order valence-corrected chi connectivity index (χ1v) is 5.33. The van der Waals surface area contributed by atoms with Gasteiger partial charge in [-0.05, 0) is 38.0 Å². The van der Waals surface area contributed by atoms with Crippen LogP contribution in [0.2, 0.25) is 0 Å². The first-order chi connectivity index (χ1) is 7.61. The lowest BCUT2D eigenvalue weighted by Gasteiger charge is -2.12. The maximum Gasteiger partial charge on any atom is 0.151 e. The maximum absolute atomic E-state index is 10.7. The smallest absolute Gasteiger partial charge is 0.151 e. The zero-order chi connectivity index (χ0) is 11.7. The van der Waals surface area contributed by atoms with E-state index in [4.69, 9.17) is 0 Å². The fourth-order valence-electron chi connectivity index (χ4n) is 2.20. The highest BCUT2D eigenvalue weighted by Gasteiger charge is 2.06. The van der Waals surface area contributed by atoms with Crippen LogP contribution in [0.5, 0.6) is 0 Å². The Morgan fingerprint density at radius 3 is 2.25 bits per heavy atom. The second-order valence-corrected chi connectivity index (χ2v) is 4.22. The van der Waals surface area contributed by atoms with Gasteiger partial charge in [-0.1, -0.05) is 17.7 Å². The summed E-state index contributed by atoms with van der Waals surface area (Å²) in [6.07, 6.45) is 4.65. The van der Waals surface area contributed by atoms with Gasteiger partial charge in [0.05, 0.1) is 5.69 Å². The number of rotatable bonds is 2. The Morgan fingerprint density at radius 1 is 1.12 bits per heavy atom. The van der Waals surface area contributed by atoms with Crippen molar-refractivity contribution in [1.29, 1.82) is 0 Å². The molecule has 0 saturated carbocycles. The van der Waals surface area contributed by atoms with Gasteiger partial charge < -0.3 is 4.57 Å². The number of aldehydes is 1. The van der Waals surface area contributed by atoms with Gasteiger partial charge in [0.15, 0.2) is 6.29 Å². The summed E-state index contributed by atoms with van der Waals surface area (Å²) in [6.45, 7) is 6.28. The van der Waals surface area contributed by atoms with Gasteiger partial charge in [0, 0.05) is 18.0 Å². The van der Waals surface area contributed by atoms with Crippen LogP contribution in [0.15, 0.2) is 30.6 Å². The summed E-state index contributed by atoms with van der Waals surface area (Å²) in [5.74, 6) is 0. The molecule has 0 unspecified atom stereocenters. The van der Waals surface area contributed by atoms with Crippen molar-refractivity contribution in [3.63, 3.8) is 0 Å². The van der Waals surface area contributed by atoms with Gasteiger partial charge in [0.25, 0.3) is 0 Å². The molecule has 0 atom stereocenters. The van der Waals surface area contributed by atoms with E-state index in [2.05, 4.69) is 32.9 Å². The van der Waals surface area contributed by atoms with E-state index in [9.17, 15) is 4.79 Å². The number of aryl methyl sites for hydroxylation is 3. The molecule has 0 amide bonds. The van der Waals surface area contributed by atoms with Crippen LogP contribution in [0, 0.1) is 20.8 Å². The summed E-state index contributed by atoms with van der Waals surface area (Å²) in [6, 6.07) is 6.14. The molecule has 16 heavy (non-hydrogen) atoms. The van der Waals surface area contributed by atoms with Crippen molar-refractivity contribution in [3.05, 3.63) is 52.8 Å². The Labute approximate surface area is 95.5 Å². The van der Waals surface area contributed by atoms with Gasteiger partial charge in [-0.3, -0.25) is 4.79 Å². The normalized spacial score (nSPS) is 10.4. The Bertz CT molecular complexity index is 514. The van der Waals surface area contributed by atoms with Crippen LogP contribution in [0.1, 0.15) is 27.0 Å². The molecule has 0 bridgehead atoms. The summed E-state index contributed by atoms with van der Waals surface area (Å²) in [7, 11) is 0. The maximum atomic E-state index is 10.7. The first-order valence-electron chi connectivity index (χ1n) is 5.33. The third-order valence-electron chi connectivity index (χ3n) is 2.75.